The molecule has 0 fully saturated rings. The number of ether oxygens (including phenoxy) is 1. The number of nitrogens with zero attached hydrogens (tertiary/aromatic N) is 1. The third-order valence-electron chi connectivity index (χ3n) is 3.20. The van der Waals surface area contributed by atoms with Gasteiger partial charge in [-0.25, -0.2) is 5.43 Å². The molecule has 0 saturated carbocycles. The van der Waals surface area contributed by atoms with Crippen molar-refractivity contribution in [1.82, 2.24) is 5.43 Å². The maximum absolute atomic E-state index is 11.9. The molecule has 1 aliphatic rings. The van der Waals surface area contributed by atoms with Crippen molar-refractivity contribution >= 4 is 18.2 Å². The van der Waals surface area contributed by atoms with E-state index in [1.54, 1.807) is 12.1 Å². The van der Waals surface area contributed by atoms with Gasteiger partial charge < -0.3 is 9.84 Å². The third kappa shape index (κ3) is 2.98. The van der Waals surface area contributed by atoms with Gasteiger partial charge >= 0.3 is 0 Å². The molecular formula is C17H14N2O3. The Kier molecular flexibility index (Phi) is 3.87. The number of amides is 1. The van der Waals surface area contributed by atoms with Gasteiger partial charge in [0.2, 0.25) is 0 Å². The van der Waals surface area contributed by atoms with Crippen LogP contribution in [0.4, 0.5) is 0 Å². The van der Waals surface area contributed by atoms with Crippen molar-refractivity contribution in [3.8, 4) is 11.5 Å². The second-order valence-electron chi connectivity index (χ2n) is 4.76. The number of phenols is 1. The maximum atomic E-state index is 11.9. The summed E-state index contributed by atoms with van der Waals surface area (Å²) in [4.78, 5) is 11.9. The van der Waals surface area contributed by atoms with E-state index in [4.69, 9.17) is 4.74 Å². The molecule has 22 heavy (non-hydrogen) atoms. The van der Waals surface area contributed by atoms with Crippen molar-refractivity contribution < 1.29 is 14.6 Å². The van der Waals surface area contributed by atoms with Crippen molar-refractivity contribution in [2.75, 3.05) is 6.61 Å². The van der Waals surface area contributed by atoms with E-state index in [2.05, 4.69) is 10.5 Å². The first-order valence-corrected chi connectivity index (χ1v) is 6.78. The first kappa shape index (κ1) is 13.9. The molecule has 0 aromatic heterocycles. The van der Waals surface area contributed by atoms with Crippen LogP contribution in [0.2, 0.25) is 0 Å². The van der Waals surface area contributed by atoms with Crippen molar-refractivity contribution in [3.63, 3.8) is 0 Å². The predicted molar refractivity (Wildman–Crippen MR) is 84.0 cm³/mol. The van der Waals surface area contributed by atoms with Gasteiger partial charge in [0, 0.05) is 11.1 Å². The van der Waals surface area contributed by atoms with E-state index in [0.29, 0.717) is 6.61 Å². The second-order valence-corrected chi connectivity index (χ2v) is 4.76. The van der Waals surface area contributed by atoms with E-state index in [1.165, 1.54) is 18.3 Å². The van der Waals surface area contributed by atoms with Crippen molar-refractivity contribution in [2.45, 2.75) is 0 Å². The number of nitrogens with one attached hydrogen (secondary N) is 1. The zero-order valence-corrected chi connectivity index (χ0v) is 11.7. The Balaban J connectivity index is 1.67. The molecule has 2 aromatic rings. The number of hydrogen-bond donors (Lipinski definition) is 2. The fourth-order valence-corrected chi connectivity index (χ4v) is 2.11. The number of benzene rings is 2. The Morgan fingerprint density at radius 1 is 1.18 bits per heavy atom. The van der Waals surface area contributed by atoms with Crippen molar-refractivity contribution in [3.05, 3.63) is 65.2 Å². The number of para-hydroxylation sites is 2. The summed E-state index contributed by atoms with van der Waals surface area (Å²) in [5.41, 5.74) is 4.38. The van der Waals surface area contributed by atoms with Crippen LogP contribution in [0.1, 0.15) is 15.9 Å². The minimum atomic E-state index is -0.466. The average molecular weight is 294 g/mol. The molecule has 110 valence electrons. The lowest BCUT2D eigenvalue weighted by Crippen LogP contribution is -2.18. The summed E-state index contributed by atoms with van der Waals surface area (Å²) in [7, 11) is 0. The first-order chi connectivity index (χ1) is 10.7. The zero-order valence-electron chi connectivity index (χ0n) is 11.7. The summed E-state index contributed by atoms with van der Waals surface area (Å²) in [5.74, 6) is 0.286. The van der Waals surface area contributed by atoms with E-state index in [0.717, 1.165) is 16.9 Å². The van der Waals surface area contributed by atoms with Crippen molar-refractivity contribution in [1.29, 1.82) is 0 Å². The largest absolute Gasteiger partial charge is 0.507 e. The highest BCUT2D eigenvalue weighted by molar-refractivity contribution is 5.97. The predicted octanol–water partition coefficient (Wildman–Crippen LogP) is 2.58. The van der Waals surface area contributed by atoms with Crippen LogP contribution in [0.5, 0.6) is 11.5 Å². The van der Waals surface area contributed by atoms with Crippen molar-refractivity contribution in [2.24, 2.45) is 5.10 Å². The monoisotopic (exact) mass is 294 g/mol. The Hall–Kier alpha value is -3.08. The fraction of sp³-hybridized carbons (Fsp3) is 0.0588. The Morgan fingerprint density at radius 2 is 1.95 bits per heavy atom. The molecule has 1 amide bonds. The molecular weight excluding hydrogens is 280 g/mol. The summed E-state index contributed by atoms with van der Waals surface area (Å²) in [5, 5.41) is 13.5. The summed E-state index contributed by atoms with van der Waals surface area (Å²) < 4.78 is 5.59. The molecule has 5 nitrogen and oxygen atoms in total. The molecule has 2 N–H and O–H groups in total. The molecule has 2 aromatic carbocycles. The highest BCUT2D eigenvalue weighted by atomic mass is 16.5. The molecule has 5 heteroatoms. The van der Waals surface area contributed by atoms with Gasteiger partial charge in [-0.2, -0.15) is 5.10 Å². The fourth-order valence-electron chi connectivity index (χ4n) is 2.11. The Morgan fingerprint density at radius 3 is 2.82 bits per heavy atom. The molecule has 0 spiro atoms. The summed E-state index contributed by atoms with van der Waals surface area (Å²) >= 11 is 0. The minimum Gasteiger partial charge on any atom is -0.507 e. The number of hydrogen-bond acceptors (Lipinski definition) is 4. The van der Waals surface area contributed by atoms with Gasteiger partial charge in [-0.1, -0.05) is 30.3 Å². The smallest absolute Gasteiger partial charge is 0.275 e. The lowest BCUT2D eigenvalue weighted by atomic mass is 10.1. The van der Waals surface area contributed by atoms with Gasteiger partial charge in [0.25, 0.3) is 5.91 Å². The number of carbonyl (C=O) groups excluding carboxylic acids is 1. The van der Waals surface area contributed by atoms with E-state index in [-0.39, 0.29) is 11.3 Å². The topological polar surface area (TPSA) is 70.9 Å². The van der Waals surface area contributed by atoms with Gasteiger partial charge in [0.05, 0.1) is 11.8 Å². The third-order valence-corrected chi connectivity index (χ3v) is 3.20. The van der Waals surface area contributed by atoms with Crippen LogP contribution in [0.15, 0.2) is 59.2 Å². The normalized spacial score (nSPS) is 13.2. The molecule has 0 aliphatic carbocycles. The summed E-state index contributed by atoms with van der Waals surface area (Å²) in [6.07, 6.45) is 3.49. The summed E-state index contributed by atoms with van der Waals surface area (Å²) in [6.45, 7) is 0.396. The van der Waals surface area contributed by atoms with Crippen LogP contribution < -0.4 is 10.2 Å². The van der Waals surface area contributed by atoms with E-state index in [9.17, 15) is 9.90 Å². The van der Waals surface area contributed by atoms with E-state index < -0.39 is 5.91 Å². The van der Waals surface area contributed by atoms with Gasteiger partial charge in [-0.15, -0.1) is 0 Å². The highest BCUT2D eigenvalue weighted by Crippen LogP contribution is 2.24. The maximum Gasteiger partial charge on any atom is 0.275 e. The number of rotatable bonds is 3. The number of phenolic OH excluding ortho intramolecular Hbond substituents is 1. The molecule has 0 radical (unpaired) electrons. The zero-order chi connectivity index (χ0) is 15.4. The van der Waals surface area contributed by atoms with Gasteiger partial charge in [0.1, 0.15) is 18.1 Å². The highest BCUT2D eigenvalue weighted by Gasteiger charge is 2.10. The summed E-state index contributed by atoms with van der Waals surface area (Å²) in [6, 6.07) is 14.0. The molecule has 1 heterocycles. The number of carbonyl (C=O) groups is 1. The van der Waals surface area contributed by atoms with Crippen LogP contribution in [0.25, 0.3) is 6.08 Å². The molecule has 0 saturated heterocycles. The molecule has 0 unspecified atom stereocenters. The number of aromatic hydroxyl groups is 1. The molecule has 1 aliphatic heterocycles. The Labute approximate surface area is 127 Å². The molecule has 0 bridgehead atoms. The molecule has 3 rings (SSSR count). The van der Waals surface area contributed by atoms with Gasteiger partial charge in [0.15, 0.2) is 0 Å². The van der Waals surface area contributed by atoms with E-state index >= 15 is 0 Å². The first-order valence-electron chi connectivity index (χ1n) is 6.78. The van der Waals surface area contributed by atoms with Crippen LogP contribution in [0.3, 0.4) is 0 Å². The molecule has 0 atom stereocenters. The lowest BCUT2D eigenvalue weighted by Gasteiger charge is -2.15. The van der Waals surface area contributed by atoms with Crippen LogP contribution in [-0.4, -0.2) is 23.8 Å². The standard InChI is InChI=1S/C17H14N2O3/c20-15-7-3-2-6-14(15)17(21)19-18-10-12-9-13-5-1-4-8-16(13)22-11-12/h1-10,20H,11H2,(H,19,21)/b18-10-. The van der Waals surface area contributed by atoms with Crippen LogP contribution in [-0.2, 0) is 0 Å². The quantitative estimate of drug-likeness (QED) is 0.675. The minimum absolute atomic E-state index is 0.0793. The second kappa shape index (κ2) is 6.13. The van der Waals surface area contributed by atoms with E-state index in [1.807, 2.05) is 30.3 Å². The SMILES string of the molecule is O=C(N/N=C\C1=Cc2ccccc2OC1)c1ccccc1O. The van der Waals surface area contributed by atoms with Gasteiger partial charge in [-0.05, 0) is 24.3 Å². The van der Waals surface area contributed by atoms with Crippen LogP contribution >= 0.6 is 0 Å². The number of fused-ring (bicyclic) bond motifs is 1. The number of hydrazone groups is 1. The average Bonchev–Trinajstić information content (AvgIpc) is 2.55. The van der Waals surface area contributed by atoms with Gasteiger partial charge in [-0.3, -0.25) is 4.79 Å². The lowest BCUT2D eigenvalue weighted by molar-refractivity contribution is 0.0952. The Bertz CT molecular complexity index is 766. The van der Waals surface area contributed by atoms with Crippen LogP contribution in [0, 0.1) is 0 Å².